The SMILES string of the molecule is CCOC(=O)C(C)NC(=O)C(F)(F)C(F)(F)F. The quantitative estimate of drug-likeness (QED) is 0.613. The second-order valence-electron chi connectivity index (χ2n) is 3.02. The smallest absolute Gasteiger partial charge is 0.463 e. The highest BCUT2D eigenvalue weighted by atomic mass is 19.4. The first kappa shape index (κ1) is 15.6. The summed E-state index contributed by atoms with van der Waals surface area (Å²) in [6.45, 7) is 2.26. The number of hydrogen-bond acceptors (Lipinski definition) is 3. The number of hydrogen-bond donors (Lipinski definition) is 1. The third-order valence-corrected chi connectivity index (χ3v) is 1.63. The van der Waals surface area contributed by atoms with Crippen molar-refractivity contribution in [1.82, 2.24) is 5.32 Å². The highest BCUT2D eigenvalue weighted by molar-refractivity contribution is 5.88. The predicted octanol–water partition coefficient (Wildman–Crippen LogP) is 1.25. The molecule has 1 atom stereocenters. The van der Waals surface area contributed by atoms with Crippen LogP contribution in [0.1, 0.15) is 13.8 Å². The van der Waals surface area contributed by atoms with Crippen LogP contribution in [0.4, 0.5) is 22.0 Å². The molecule has 0 bridgehead atoms. The number of amides is 1. The van der Waals surface area contributed by atoms with E-state index in [0.29, 0.717) is 0 Å². The van der Waals surface area contributed by atoms with Crippen molar-refractivity contribution < 1.29 is 36.3 Å². The van der Waals surface area contributed by atoms with Crippen LogP contribution < -0.4 is 5.32 Å². The standard InChI is InChI=1S/C8H10F5NO3/c1-3-17-5(15)4(2)14-6(16)7(9,10)8(11,12)13/h4H,3H2,1-2H3,(H,14,16). The third kappa shape index (κ3) is 3.82. The third-order valence-electron chi connectivity index (χ3n) is 1.63. The number of alkyl halides is 5. The molecular weight excluding hydrogens is 253 g/mol. The number of halogens is 5. The van der Waals surface area contributed by atoms with Crippen molar-refractivity contribution in [2.45, 2.75) is 32.0 Å². The molecule has 0 radical (unpaired) electrons. The maximum Gasteiger partial charge on any atom is 0.463 e. The van der Waals surface area contributed by atoms with Crippen LogP contribution in [0, 0.1) is 0 Å². The van der Waals surface area contributed by atoms with E-state index in [1.165, 1.54) is 12.2 Å². The van der Waals surface area contributed by atoms with Crippen LogP contribution in [0.5, 0.6) is 0 Å². The summed E-state index contributed by atoms with van der Waals surface area (Å²) in [5.41, 5.74) is 0. The van der Waals surface area contributed by atoms with E-state index in [2.05, 4.69) is 4.74 Å². The zero-order chi connectivity index (χ0) is 13.9. The second-order valence-corrected chi connectivity index (χ2v) is 3.02. The summed E-state index contributed by atoms with van der Waals surface area (Å²) in [6, 6.07) is -1.59. The molecule has 1 unspecified atom stereocenters. The van der Waals surface area contributed by atoms with Gasteiger partial charge in [-0.15, -0.1) is 0 Å². The summed E-state index contributed by atoms with van der Waals surface area (Å²) in [7, 11) is 0. The molecule has 1 N–H and O–H groups in total. The fraction of sp³-hybridized carbons (Fsp3) is 0.750. The van der Waals surface area contributed by atoms with E-state index in [1.807, 2.05) is 0 Å². The van der Waals surface area contributed by atoms with E-state index < -0.39 is 30.0 Å². The van der Waals surface area contributed by atoms with E-state index in [1.54, 1.807) is 0 Å². The Morgan fingerprint density at radius 2 is 1.71 bits per heavy atom. The summed E-state index contributed by atoms with van der Waals surface area (Å²) in [5.74, 6) is -9.24. The van der Waals surface area contributed by atoms with Crippen molar-refractivity contribution in [3.8, 4) is 0 Å². The second kappa shape index (κ2) is 5.28. The highest BCUT2D eigenvalue weighted by Crippen LogP contribution is 2.35. The zero-order valence-corrected chi connectivity index (χ0v) is 8.90. The first-order valence-corrected chi connectivity index (χ1v) is 4.46. The van der Waals surface area contributed by atoms with Gasteiger partial charge in [-0.1, -0.05) is 0 Å². The molecule has 0 aliphatic carbocycles. The molecule has 9 heteroatoms. The fourth-order valence-electron chi connectivity index (χ4n) is 0.742. The monoisotopic (exact) mass is 263 g/mol. The average Bonchev–Trinajstić information content (AvgIpc) is 2.15. The maximum absolute atomic E-state index is 12.4. The largest absolute Gasteiger partial charge is 0.464 e. The Balaban J connectivity index is 4.61. The van der Waals surface area contributed by atoms with Crippen LogP contribution in [0.2, 0.25) is 0 Å². The fourth-order valence-corrected chi connectivity index (χ4v) is 0.742. The van der Waals surface area contributed by atoms with Crippen molar-refractivity contribution in [3.63, 3.8) is 0 Å². The Bertz CT molecular complexity index is 302. The Labute approximate surface area is 93.1 Å². The van der Waals surface area contributed by atoms with E-state index in [9.17, 15) is 31.5 Å². The van der Waals surface area contributed by atoms with Crippen molar-refractivity contribution in [2.75, 3.05) is 6.61 Å². The minimum Gasteiger partial charge on any atom is -0.464 e. The van der Waals surface area contributed by atoms with Crippen LogP contribution in [0.3, 0.4) is 0 Å². The summed E-state index contributed by atoms with van der Waals surface area (Å²) in [5, 5.41) is 1.23. The number of carbonyl (C=O) groups is 2. The van der Waals surface area contributed by atoms with Crippen molar-refractivity contribution in [3.05, 3.63) is 0 Å². The molecule has 0 aromatic heterocycles. The van der Waals surface area contributed by atoms with Gasteiger partial charge in [0.2, 0.25) is 0 Å². The van der Waals surface area contributed by atoms with Crippen LogP contribution in [0.25, 0.3) is 0 Å². The molecule has 0 aliphatic heterocycles. The Kier molecular flexibility index (Phi) is 4.84. The Morgan fingerprint density at radius 3 is 2.06 bits per heavy atom. The molecule has 0 heterocycles. The first-order chi connectivity index (χ1) is 7.54. The first-order valence-electron chi connectivity index (χ1n) is 4.46. The molecule has 0 saturated heterocycles. The minimum absolute atomic E-state index is 0.0886. The molecule has 0 spiro atoms. The average molecular weight is 263 g/mol. The van der Waals surface area contributed by atoms with Gasteiger partial charge >= 0.3 is 24.0 Å². The summed E-state index contributed by atoms with van der Waals surface area (Å²) < 4.78 is 64.5. The molecule has 0 fully saturated rings. The predicted molar refractivity (Wildman–Crippen MR) is 45.2 cm³/mol. The molecular formula is C8H10F5NO3. The lowest BCUT2D eigenvalue weighted by atomic mass is 10.2. The summed E-state index contributed by atoms with van der Waals surface area (Å²) in [4.78, 5) is 21.5. The number of carbonyl (C=O) groups excluding carboxylic acids is 2. The van der Waals surface area contributed by atoms with Crippen LogP contribution in [0.15, 0.2) is 0 Å². The van der Waals surface area contributed by atoms with Crippen LogP contribution >= 0.6 is 0 Å². The van der Waals surface area contributed by atoms with Crippen LogP contribution in [-0.2, 0) is 14.3 Å². The van der Waals surface area contributed by atoms with Gasteiger partial charge in [-0.05, 0) is 13.8 Å². The van der Waals surface area contributed by atoms with Gasteiger partial charge in [-0.2, -0.15) is 22.0 Å². The van der Waals surface area contributed by atoms with Gasteiger partial charge in [0, 0.05) is 0 Å². The zero-order valence-electron chi connectivity index (χ0n) is 8.90. The normalized spacial score (nSPS) is 14.1. The molecule has 100 valence electrons. The molecule has 4 nitrogen and oxygen atoms in total. The van der Waals surface area contributed by atoms with Gasteiger partial charge < -0.3 is 10.1 Å². The molecule has 0 aromatic carbocycles. The molecule has 1 amide bonds. The lowest BCUT2D eigenvalue weighted by Gasteiger charge is -2.20. The van der Waals surface area contributed by atoms with E-state index >= 15 is 0 Å². The highest BCUT2D eigenvalue weighted by Gasteiger charge is 2.63. The van der Waals surface area contributed by atoms with Gasteiger partial charge in [0.1, 0.15) is 6.04 Å². The van der Waals surface area contributed by atoms with E-state index in [-0.39, 0.29) is 6.61 Å². The molecule has 17 heavy (non-hydrogen) atoms. The topological polar surface area (TPSA) is 55.4 Å². The lowest BCUT2D eigenvalue weighted by molar-refractivity contribution is -0.270. The number of ether oxygens (including phenoxy) is 1. The molecule has 0 aliphatic rings. The number of rotatable bonds is 4. The van der Waals surface area contributed by atoms with Crippen LogP contribution in [-0.4, -0.2) is 36.6 Å². The maximum atomic E-state index is 12.4. The van der Waals surface area contributed by atoms with Crippen molar-refractivity contribution >= 4 is 11.9 Å². The van der Waals surface area contributed by atoms with E-state index in [4.69, 9.17) is 0 Å². The van der Waals surface area contributed by atoms with Gasteiger partial charge in [-0.3, -0.25) is 4.79 Å². The Morgan fingerprint density at radius 1 is 1.24 bits per heavy atom. The lowest BCUT2D eigenvalue weighted by Crippen LogP contribution is -2.54. The molecule has 0 saturated carbocycles. The van der Waals surface area contributed by atoms with Crippen molar-refractivity contribution in [1.29, 1.82) is 0 Å². The summed E-state index contributed by atoms with van der Waals surface area (Å²) >= 11 is 0. The minimum atomic E-state index is -6.01. The molecule has 0 rings (SSSR count). The number of esters is 1. The van der Waals surface area contributed by atoms with Gasteiger partial charge in [0.15, 0.2) is 0 Å². The Hall–Kier alpha value is -1.41. The van der Waals surface area contributed by atoms with E-state index in [0.717, 1.165) is 6.92 Å². The van der Waals surface area contributed by atoms with Gasteiger partial charge in [0.25, 0.3) is 0 Å². The molecule has 0 aromatic rings. The van der Waals surface area contributed by atoms with Gasteiger partial charge in [-0.25, -0.2) is 4.79 Å². The number of nitrogens with one attached hydrogen (secondary N) is 1. The summed E-state index contributed by atoms with van der Waals surface area (Å²) in [6.07, 6.45) is -6.01. The van der Waals surface area contributed by atoms with Crippen molar-refractivity contribution in [2.24, 2.45) is 0 Å². The van der Waals surface area contributed by atoms with Gasteiger partial charge in [0.05, 0.1) is 6.61 Å².